The van der Waals surface area contributed by atoms with E-state index in [0.717, 1.165) is 12.1 Å². The van der Waals surface area contributed by atoms with Crippen molar-refractivity contribution in [2.45, 2.75) is 30.3 Å². The fourth-order valence-electron chi connectivity index (χ4n) is 1.94. The van der Waals surface area contributed by atoms with Crippen LogP contribution >= 0.6 is 22.9 Å². The van der Waals surface area contributed by atoms with Gasteiger partial charge in [0, 0.05) is 10.6 Å². The van der Waals surface area contributed by atoms with E-state index in [1.54, 1.807) is 0 Å². The molecule has 0 aliphatic heterocycles. The third-order valence-electron chi connectivity index (χ3n) is 3.41. The van der Waals surface area contributed by atoms with E-state index in [1.807, 2.05) is 0 Å². The van der Waals surface area contributed by atoms with Crippen LogP contribution in [0.3, 0.4) is 0 Å². The van der Waals surface area contributed by atoms with Gasteiger partial charge in [0.15, 0.2) is 0 Å². The Morgan fingerprint density at radius 1 is 1.26 bits per heavy atom. The van der Waals surface area contributed by atoms with Gasteiger partial charge in [-0.25, -0.2) is 12.8 Å². The number of rotatable bonds is 5. The smallest absolute Gasteiger partial charge is 0.322 e. The Bertz CT molecular complexity index is 974. The van der Waals surface area contributed by atoms with Gasteiger partial charge in [-0.05, 0) is 38.1 Å². The van der Waals surface area contributed by atoms with Crippen molar-refractivity contribution >= 4 is 44.6 Å². The van der Waals surface area contributed by atoms with Crippen LogP contribution < -0.4 is 10.0 Å². The van der Waals surface area contributed by atoms with Crippen LogP contribution in [0.15, 0.2) is 28.5 Å². The van der Waals surface area contributed by atoms with E-state index in [2.05, 4.69) is 5.32 Å². The van der Waals surface area contributed by atoms with Gasteiger partial charge in [0.25, 0.3) is 15.9 Å². The van der Waals surface area contributed by atoms with Gasteiger partial charge < -0.3 is 5.32 Å². The first-order valence-corrected chi connectivity index (χ1v) is 9.95. The predicted molar refractivity (Wildman–Crippen MR) is 94.3 cm³/mol. The maximum atomic E-state index is 13.1. The SMILES string of the molecule is Cc1sc(S(=O)(=O)N[C@H](C)C(F)(F)F)cc1C(=O)Nc1ccc(F)c(Cl)c1. The summed E-state index contributed by atoms with van der Waals surface area (Å²) in [6, 6.07) is 2.15. The minimum absolute atomic E-state index is 0.0412. The van der Waals surface area contributed by atoms with Gasteiger partial charge >= 0.3 is 6.18 Å². The fraction of sp³-hybridized carbons (Fsp3) is 0.267. The molecule has 2 rings (SSSR count). The summed E-state index contributed by atoms with van der Waals surface area (Å²) in [7, 11) is -4.47. The molecule has 1 atom stereocenters. The number of halogens is 5. The van der Waals surface area contributed by atoms with Crippen LogP contribution in [0.4, 0.5) is 23.2 Å². The lowest BCUT2D eigenvalue weighted by atomic mass is 10.2. The Kier molecular flexibility index (Phi) is 6.19. The van der Waals surface area contributed by atoms with Gasteiger partial charge in [0.05, 0.1) is 10.6 Å². The number of benzene rings is 1. The molecule has 27 heavy (non-hydrogen) atoms. The molecule has 0 bridgehead atoms. The number of sulfonamides is 1. The molecule has 0 radical (unpaired) electrons. The highest BCUT2D eigenvalue weighted by Crippen LogP contribution is 2.29. The molecule has 0 saturated heterocycles. The van der Waals surface area contributed by atoms with Crippen LogP contribution in [-0.4, -0.2) is 26.5 Å². The number of hydrogen-bond acceptors (Lipinski definition) is 4. The number of carbonyl (C=O) groups excluding carboxylic acids is 1. The van der Waals surface area contributed by atoms with Crippen LogP contribution in [0.5, 0.6) is 0 Å². The Balaban J connectivity index is 2.24. The number of carbonyl (C=O) groups is 1. The summed E-state index contributed by atoms with van der Waals surface area (Å²) in [5.41, 5.74) is 0.130. The van der Waals surface area contributed by atoms with Crippen LogP contribution in [0.25, 0.3) is 0 Å². The summed E-state index contributed by atoms with van der Waals surface area (Å²) >= 11 is 6.27. The fourth-order valence-corrected chi connectivity index (χ4v) is 4.81. The first kappa shape index (κ1) is 21.6. The van der Waals surface area contributed by atoms with E-state index in [-0.39, 0.29) is 21.2 Å². The third-order valence-corrected chi connectivity index (χ3v) is 6.76. The number of nitrogens with one attached hydrogen (secondary N) is 2. The van der Waals surface area contributed by atoms with E-state index in [4.69, 9.17) is 11.6 Å². The topological polar surface area (TPSA) is 75.3 Å². The van der Waals surface area contributed by atoms with Crippen molar-refractivity contribution in [3.05, 3.63) is 45.5 Å². The van der Waals surface area contributed by atoms with Gasteiger partial charge in [-0.3, -0.25) is 4.79 Å². The molecule has 2 N–H and O–H groups in total. The molecule has 12 heteroatoms. The molecular weight excluding hydrogens is 432 g/mol. The summed E-state index contributed by atoms with van der Waals surface area (Å²) < 4.78 is 76.3. The molecule has 0 aliphatic rings. The molecule has 0 spiro atoms. The average molecular weight is 445 g/mol. The summed E-state index contributed by atoms with van der Waals surface area (Å²) in [6.07, 6.45) is -4.75. The number of hydrogen-bond donors (Lipinski definition) is 2. The Labute approximate surface area is 161 Å². The van der Waals surface area contributed by atoms with Crippen molar-refractivity contribution in [3.8, 4) is 0 Å². The normalized spacial score (nSPS) is 13.4. The monoisotopic (exact) mass is 444 g/mol. The number of amides is 1. The van der Waals surface area contributed by atoms with Gasteiger partial charge in [0.2, 0.25) is 0 Å². The highest BCUT2D eigenvalue weighted by Gasteiger charge is 2.39. The number of thiophene rings is 1. The third kappa shape index (κ3) is 5.18. The average Bonchev–Trinajstić information content (AvgIpc) is 2.92. The van der Waals surface area contributed by atoms with Crippen LogP contribution in [0.1, 0.15) is 22.2 Å². The largest absolute Gasteiger partial charge is 0.404 e. The van der Waals surface area contributed by atoms with Gasteiger partial charge in [-0.1, -0.05) is 11.6 Å². The van der Waals surface area contributed by atoms with Crippen molar-refractivity contribution < 1.29 is 30.8 Å². The summed E-state index contributed by atoms with van der Waals surface area (Å²) in [6.45, 7) is 2.12. The zero-order chi connectivity index (χ0) is 20.6. The second-order valence-corrected chi connectivity index (χ2v) is 9.11. The molecule has 1 aromatic heterocycles. The lowest BCUT2D eigenvalue weighted by Gasteiger charge is -2.16. The molecule has 2 aromatic rings. The lowest BCUT2D eigenvalue weighted by Crippen LogP contribution is -2.42. The molecule has 1 amide bonds. The van der Waals surface area contributed by atoms with Crippen molar-refractivity contribution in [2.24, 2.45) is 0 Å². The molecule has 0 saturated carbocycles. The van der Waals surface area contributed by atoms with Crippen LogP contribution in [0, 0.1) is 12.7 Å². The quantitative estimate of drug-likeness (QED) is 0.674. The van der Waals surface area contributed by atoms with Gasteiger partial charge in [0.1, 0.15) is 16.1 Å². The van der Waals surface area contributed by atoms with E-state index < -0.39 is 38.2 Å². The summed E-state index contributed by atoms with van der Waals surface area (Å²) in [5.74, 6) is -1.39. The first-order chi connectivity index (χ1) is 12.3. The minimum Gasteiger partial charge on any atom is -0.322 e. The zero-order valence-electron chi connectivity index (χ0n) is 13.8. The maximum absolute atomic E-state index is 13.1. The molecule has 5 nitrogen and oxygen atoms in total. The van der Waals surface area contributed by atoms with Crippen molar-refractivity contribution in [1.29, 1.82) is 0 Å². The van der Waals surface area contributed by atoms with Crippen molar-refractivity contribution in [3.63, 3.8) is 0 Å². The standard InChI is InChI=1S/C15H13ClF4N2O3S2/c1-7-10(14(23)21-9-3-4-12(17)11(16)5-9)6-13(26-7)27(24,25)22-8(2)15(18,19)20/h3-6,8,22H,1-2H3,(H,21,23)/t8-/m1/s1. The lowest BCUT2D eigenvalue weighted by molar-refractivity contribution is -0.147. The van der Waals surface area contributed by atoms with Crippen LogP contribution in [-0.2, 0) is 10.0 Å². The van der Waals surface area contributed by atoms with Crippen LogP contribution in [0.2, 0.25) is 5.02 Å². The highest BCUT2D eigenvalue weighted by atomic mass is 35.5. The van der Waals surface area contributed by atoms with Gasteiger partial charge in [-0.2, -0.15) is 17.9 Å². The minimum atomic E-state index is -4.75. The second-order valence-electron chi connectivity index (χ2n) is 5.50. The molecule has 0 unspecified atom stereocenters. The molecule has 1 heterocycles. The molecule has 0 fully saturated rings. The molecule has 0 aliphatic carbocycles. The van der Waals surface area contributed by atoms with Crippen molar-refractivity contribution in [1.82, 2.24) is 4.72 Å². The summed E-state index contributed by atoms with van der Waals surface area (Å²) in [5, 5.41) is 2.20. The van der Waals surface area contributed by atoms with Gasteiger partial charge in [-0.15, -0.1) is 11.3 Å². The molecule has 1 aromatic carbocycles. The van der Waals surface area contributed by atoms with E-state index in [0.29, 0.717) is 18.3 Å². The van der Waals surface area contributed by atoms with E-state index in [1.165, 1.54) is 23.8 Å². The Morgan fingerprint density at radius 3 is 2.44 bits per heavy atom. The molecular formula is C15H13ClF4N2O3S2. The Morgan fingerprint density at radius 2 is 1.89 bits per heavy atom. The summed E-state index contributed by atoms with van der Waals surface area (Å²) in [4.78, 5) is 12.6. The second kappa shape index (κ2) is 7.74. The number of alkyl halides is 3. The molecule has 148 valence electrons. The zero-order valence-corrected chi connectivity index (χ0v) is 16.2. The van der Waals surface area contributed by atoms with Crippen molar-refractivity contribution in [2.75, 3.05) is 5.32 Å². The number of anilines is 1. The predicted octanol–water partition coefficient (Wildman–Crippen LogP) is 4.33. The highest BCUT2D eigenvalue weighted by molar-refractivity contribution is 7.91. The Hall–Kier alpha value is -1.69. The van der Waals surface area contributed by atoms with E-state index in [9.17, 15) is 30.8 Å². The first-order valence-electron chi connectivity index (χ1n) is 7.27. The maximum Gasteiger partial charge on any atom is 0.404 e. The number of aryl methyl sites for hydroxylation is 1. The van der Waals surface area contributed by atoms with E-state index >= 15 is 0 Å².